The van der Waals surface area contributed by atoms with Gasteiger partial charge in [0.15, 0.2) is 0 Å². The Labute approximate surface area is 107 Å². The van der Waals surface area contributed by atoms with Crippen molar-refractivity contribution < 1.29 is 9.53 Å². The van der Waals surface area contributed by atoms with Crippen molar-refractivity contribution in [2.24, 2.45) is 7.05 Å². The Bertz CT molecular complexity index is 455. The molecule has 0 bridgehead atoms. The number of ether oxygens (including phenoxy) is 1. The molecule has 100 valence electrons. The highest BCUT2D eigenvalue weighted by Crippen LogP contribution is 2.21. The van der Waals surface area contributed by atoms with Gasteiger partial charge >= 0.3 is 0 Å². The van der Waals surface area contributed by atoms with Crippen LogP contribution in [-0.4, -0.2) is 46.9 Å². The molecular weight excluding hydrogens is 232 g/mol. The summed E-state index contributed by atoms with van der Waals surface area (Å²) in [5.41, 5.74) is 7.76. The van der Waals surface area contributed by atoms with E-state index in [1.54, 1.807) is 23.7 Å². The average molecular weight is 252 g/mol. The number of aromatic nitrogens is 2. The Balaban J connectivity index is 2.22. The molecule has 18 heavy (non-hydrogen) atoms. The Morgan fingerprint density at radius 1 is 1.61 bits per heavy atom. The Kier molecular flexibility index (Phi) is 3.56. The lowest BCUT2D eigenvalue weighted by Gasteiger charge is -2.16. The molecule has 1 fully saturated rings. The molecule has 0 aromatic carbocycles. The number of nitrogens with zero attached hydrogens (tertiary/aromatic N) is 3. The van der Waals surface area contributed by atoms with Crippen molar-refractivity contribution in [3.8, 4) is 0 Å². The summed E-state index contributed by atoms with van der Waals surface area (Å²) in [6, 6.07) is 0. The number of nitrogen functional groups attached to an aromatic ring is 1. The number of amides is 1. The van der Waals surface area contributed by atoms with Gasteiger partial charge in [-0.3, -0.25) is 9.48 Å². The van der Waals surface area contributed by atoms with Crippen molar-refractivity contribution in [2.45, 2.75) is 25.9 Å². The van der Waals surface area contributed by atoms with Crippen LogP contribution in [0.3, 0.4) is 0 Å². The first kappa shape index (κ1) is 12.9. The van der Waals surface area contributed by atoms with Gasteiger partial charge in [0.05, 0.1) is 17.5 Å². The monoisotopic (exact) mass is 252 g/mol. The largest absolute Gasteiger partial charge is 0.395 e. The lowest BCUT2D eigenvalue weighted by molar-refractivity contribution is 0.0715. The average Bonchev–Trinajstić information content (AvgIpc) is 2.93. The minimum atomic E-state index is -0.0539. The fourth-order valence-electron chi connectivity index (χ4n) is 2.37. The standard InChI is InChI=1S/C12H20N4O2/c1-4-9-10(13)11(15(2)14-9)12(17)16-6-5-8(7-16)18-3/h8H,4-7,13H2,1-3H3. The predicted molar refractivity (Wildman–Crippen MR) is 68.3 cm³/mol. The van der Waals surface area contributed by atoms with Gasteiger partial charge in [0.25, 0.3) is 5.91 Å². The zero-order valence-corrected chi connectivity index (χ0v) is 11.1. The number of nitrogens with two attached hydrogens (primary N) is 1. The first-order valence-corrected chi connectivity index (χ1v) is 6.21. The third-order valence-electron chi connectivity index (χ3n) is 3.46. The number of carbonyl (C=O) groups excluding carboxylic acids is 1. The third-order valence-corrected chi connectivity index (χ3v) is 3.46. The maximum atomic E-state index is 12.4. The molecule has 1 saturated heterocycles. The first-order valence-electron chi connectivity index (χ1n) is 6.21. The highest BCUT2D eigenvalue weighted by Gasteiger charge is 2.30. The Morgan fingerprint density at radius 2 is 2.33 bits per heavy atom. The fraction of sp³-hybridized carbons (Fsp3) is 0.667. The number of aryl methyl sites for hydroxylation is 2. The van der Waals surface area contributed by atoms with Crippen LogP contribution in [0.25, 0.3) is 0 Å². The van der Waals surface area contributed by atoms with Gasteiger partial charge in [-0.05, 0) is 12.8 Å². The van der Waals surface area contributed by atoms with Gasteiger partial charge in [-0.1, -0.05) is 6.92 Å². The smallest absolute Gasteiger partial charge is 0.274 e. The molecule has 0 radical (unpaired) electrons. The van der Waals surface area contributed by atoms with Gasteiger partial charge in [-0.2, -0.15) is 5.10 Å². The van der Waals surface area contributed by atoms with Crippen molar-refractivity contribution in [1.82, 2.24) is 14.7 Å². The van der Waals surface area contributed by atoms with Crippen molar-refractivity contribution in [1.29, 1.82) is 0 Å². The third kappa shape index (κ3) is 2.08. The minimum absolute atomic E-state index is 0.0539. The number of likely N-dealkylation sites (tertiary alicyclic amines) is 1. The maximum absolute atomic E-state index is 12.4. The predicted octanol–water partition coefficient (Wildman–Crippen LogP) is 0.426. The van der Waals surface area contributed by atoms with E-state index in [4.69, 9.17) is 10.5 Å². The summed E-state index contributed by atoms with van der Waals surface area (Å²) in [5.74, 6) is -0.0539. The molecule has 1 amide bonds. The highest BCUT2D eigenvalue weighted by molar-refractivity contribution is 5.98. The summed E-state index contributed by atoms with van der Waals surface area (Å²) in [6.45, 7) is 3.31. The van der Waals surface area contributed by atoms with Gasteiger partial charge < -0.3 is 15.4 Å². The van der Waals surface area contributed by atoms with Crippen molar-refractivity contribution in [2.75, 3.05) is 25.9 Å². The molecule has 6 nitrogen and oxygen atoms in total. The molecule has 1 atom stereocenters. The van der Waals surface area contributed by atoms with Crippen LogP contribution in [-0.2, 0) is 18.2 Å². The van der Waals surface area contributed by atoms with E-state index in [0.29, 0.717) is 24.5 Å². The second-order valence-electron chi connectivity index (χ2n) is 4.58. The lowest BCUT2D eigenvalue weighted by atomic mass is 10.2. The number of carbonyl (C=O) groups is 1. The van der Waals surface area contributed by atoms with Crippen LogP contribution in [0.2, 0.25) is 0 Å². The first-order chi connectivity index (χ1) is 8.58. The molecule has 0 spiro atoms. The van der Waals surface area contributed by atoms with Crippen molar-refractivity contribution >= 4 is 11.6 Å². The molecule has 2 rings (SSSR count). The summed E-state index contributed by atoms with van der Waals surface area (Å²) >= 11 is 0. The van der Waals surface area contributed by atoms with E-state index in [1.807, 2.05) is 6.92 Å². The Morgan fingerprint density at radius 3 is 2.83 bits per heavy atom. The van der Waals surface area contributed by atoms with E-state index in [-0.39, 0.29) is 12.0 Å². The van der Waals surface area contributed by atoms with Crippen LogP contribution in [0.5, 0.6) is 0 Å². The normalized spacial score (nSPS) is 19.5. The topological polar surface area (TPSA) is 73.4 Å². The number of rotatable bonds is 3. The van der Waals surface area contributed by atoms with Gasteiger partial charge in [-0.15, -0.1) is 0 Å². The second-order valence-corrected chi connectivity index (χ2v) is 4.58. The number of hydrogen-bond acceptors (Lipinski definition) is 4. The van der Waals surface area contributed by atoms with E-state index < -0.39 is 0 Å². The summed E-state index contributed by atoms with van der Waals surface area (Å²) in [6.07, 6.45) is 1.74. The van der Waals surface area contributed by atoms with E-state index in [2.05, 4.69) is 5.10 Å². The second kappa shape index (κ2) is 4.97. The number of methoxy groups -OCH3 is 1. The SMILES string of the molecule is CCc1nn(C)c(C(=O)N2CCC(OC)C2)c1N. The van der Waals surface area contributed by atoms with Crippen LogP contribution >= 0.6 is 0 Å². The van der Waals surface area contributed by atoms with Gasteiger partial charge in [0, 0.05) is 27.2 Å². The van der Waals surface area contributed by atoms with Crippen LogP contribution in [0, 0.1) is 0 Å². The van der Waals surface area contributed by atoms with Gasteiger partial charge in [0.1, 0.15) is 5.69 Å². The molecule has 0 aliphatic carbocycles. The van der Waals surface area contributed by atoms with E-state index in [9.17, 15) is 4.79 Å². The lowest BCUT2D eigenvalue weighted by Crippen LogP contribution is -2.32. The molecule has 1 aliphatic heterocycles. The van der Waals surface area contributed by atoms with E-state index in [0.717, 1.165) is 18.5 Å². The molecule has 1 aromatic heterocycles. The molecular formula is C12H20N4O2. The van der Waals surface area contributed by atoms with Crippen LogP contribution < -0.4 is 5.73 Å². The molecule has 6 heteroatoms. The molecule has 2 N–H and O–H groups in total. The summed E-state index contributed by atoms with van der Waals surface area (Å²) in [7, 11) is 3.43. The minimum Gasteiger partial charge on any atom is -0.395 e. The fourth-order valence-corrected chi connectivity index (χ4v) is 2.37. The molecule has 2 heterocycles. The molecule has 1 unspecified atom stereocenters. The zero-order chi connectivity index (χ0) is 13.3. The number of hydrogen-bond donors (Lipinski definition) is 1. The number of anilines is 1. The molecule has 1 aliphatic rings. The van der Waals surface area contributed by atoms with Crippen molar-refractivity contribution in [3.63, 3.8) is 0 Å². The van der Waals surface area contributed by atoms with E-state index in [1.165, 1.54) is 0 Å². The van der Waals surface area contributed by atoms with E-state index >= 15 is 0 Å². The summed E-state index contributed by atoms with van der Waals surface area (Å²) < 4.78 is 6.85. The van der Waals surface area contributed by atoms with Gasteiger partial charge in [0.2, 0.25) is 0 Å². The highest BCUT2D eigenvalue weighted by atomic mass is 16.5. The summed E-state index contributed by atoms with van der Waals surface area (Å²) in [5, 5.41) is 4.27. The molecule has 1 aromatic rings. The molecule has 0 saturated carbocycles. The van der Waals surface area contributed by atoms with Crippen LogP contribution in [0.15, 0.2) is 0 Å². The van der Waals surface area contributed by atoms with Crippen LogP contribution in [0.1, 0.15) is 29.5 Å². The Hall–Kier alpha value is -1.56. The summed E-state index contributed by atoms with van der Waals surface area (Å²) in [4.78, 5) is 14.2. The quantitative estimate of drug-likeness (QED) is 0.846. The van der Waals surface area contributed by atoms with Crippen molar-refractivity contribution in [3.05, 3.63) is 11.4 Å². The zero-order valence-electron chi connectivity index (χ0n) is 11.1. The van der Waals surface area contributed by atoms with Gasteiger partial charge in [-0.25, -0.2) is 0 Å². The maximum Gasteiger partial charge on any atom is 0.274 e. The van der Waals surface area contributed by atoms with Crippen LogP contribution in [0.4, 0.5) is 5.69 Å².